The summed E-state index contributed by atoms with van der Waals surface area (Å²) in [5.74, 6) is 1.00. The van der Waals surface area contributed by atoms with E-state index < -0.39 is 0 Å². The molecule has 2 bridgehead atoms. The zero-order valence-electron chi connectivity index (χ0n) is 12.2. The highest BCUT2D eigenvalue weighted by Gasteiger charge is 2.51. The maximum atomic E-state index is 2.87. The van der Waals surface area contributed by atoms with Crippen LogP contribution in [0.2, 0.25) is 0 Å². The molecule has 0 N–H and O–H groups in total. The van der Waals surface area contributed by atoms with Gasteiger partial charge in [-0.25, -0.2) is 0 Å². The Morgan fingerprint density at radius 3 is 2.56 bits per heavy atom. The molecule has 0 aromatic carbocycles. The Kier molecular flexibility index (Phi) is 3.65. The van der Waals surface area contributed by atoms with Crippen molar-refractivity contribution in [3.05, 3.63) is 0 Å². The van der Waals surface area contributed by atoms with Crippen LogP contribution in [0.5, 0.6) is 0 Å². The first-order valence-corrected chi connectivity index (χ1v) is 7.83. The molecule has 4 fully saturated rings. The summed E-state index contributed by atoms with van der Waals surface area (Å²) >= 11 is 0. The van der Waals surface area contributed by atoms with Crippen molar-refractivity contribution in [1.29, 1.82) is 0 Å². The molecule has 0 radical (unpaired) electrons. The lowest BCUT2D eigenvalue weighted by Gasteiger charge is -2.55. The molecule has 4 heterocycles. The molecule has 4 rings (SSSR count). The summed E-state index contributed by atoms with van der Waals surface area (Å²) < 4.78 is 0. The molecule has 3 nitrogen and oxygen atoms in total. The number of likely N-dealkylation sites (tertiary alicyclic amines) is 1. The Hall–Kier alpha value is -0.120. The fourth-order valence-corrected chi connectivity index (χ4v) is 4.66. The summed E-state index contributed by atoms with van der Waals surface area (Å²) in [4.78, 5) is 7.91. The topological polar surface area (TPSA) is 9.72 Å². The zero-order chi connectivity index (χ0) is 12.6. The van der Waals surface area contributed by atoms with Crippen LogP contribution in [0.4, 0.5) is 0 Å². The number of piperidine rings is 3. The SMILES string of the molecule is CN(C)CCCN1CCCC12CN1CCC2CC1. The number of hydrogen-bond acceptors (Lipinski definition) is 3. The Labute approximate surface area is 112 Å². The van der Waals surface area contributed by atoms with Gasteiger partial charge in [0, 0.05) is 12.1 Å². The lowest BCUT2D eigenvalue weighted by atomic mass is 9.71. The van der Waals surface area contributed by atoms with Crippen LogP contribution < -0.4 is 0 Å². The lowest BCUT2D eigenvalue weighted by molar-refractivity contribution is -0.0514. The van der Waals surface area contributed by atoms with Gasteiger partial charge in [0.1, 0.15) is 0 Å². The van der Waals surface area contributed by atoms with Crippen LogP contribution in [0.25, 0.3) is 0 Å². The van der Waals surface area contributed by atoms with Gasteiger partial charge < -0.3 is 9.80 Å². The normalized spacial score (nSPS) is 40.2. The van der Waals surface area contributed by atoms with Crippen molar-refractivity contribution in [2.45, 2.75) is 37.6 Å². The van der Waals surface area contributed by atoms with Gasteiger partial charge in [0.05, 0.1) is 0 Å². The molecule has 1 unspecified atom stereocenters. The van der Waals surface area contributed by atoms with E-state index in [2.05, 4.69) is 28.8 Å². The second-order valence-electron chi connectivity index (χ2n) is 6.90. The highest BCUT2D eigenvalue weighted by Crippen LogP contribution is 2.45. The lowest BCUT2D eigenvalue weighted by Crippen LogP contribution is -2.64. The molecule has 104 valence electrons. The van der Waals surface area contributed by atoms with Gasteiger partial charge in [-0.15, -0.1) is 0 Å². The molecule has 0 amide bonds. The predicted octanol–water partition coefficient (Wildman–Crippen LogP) is 1.50. The minimum atomic E-state index is 0.586. The molecule has 0 aromatic heterocycles. The van der Waals surface area contributed by atoms with Crippen molar-refractivity contribution in [1.82, 2.24) is 14.7 Å². The minimum absolute atomic E-state index is 0.586. The molecule has 4 aliphatic rings. The standard InChI is InChI=1S/C15H29N3/c1-16(2)8-4-10-18-9-3-7-15(18)13-17-11-5-14(15)6-12-17/h14H,3-13H2,1-2H3. The van der Waals surface area contributed by atoms with E-state index in [9.17, 15) is 0 Å². The monoisotopic (exact) mass is 251 g/mol. The van der Waals surface area contributed by atoms with E-state index >= 15 is 0 Å². The van der Waals surface area contributed by atoms with Crippen molar-refractivity contribution < 1.29 is 0 Å². The van der Waals surface area contributed by atoms with Crippen LogP contribution in [0, 0.1) is 5.92 Å². The number of rotatable bonds is 4. The second-order valence-corrected chi connectivity index (χ2v) is 6.90. The summed E-state index contributed by atoms with van der Waals surface area (Å²) in [6, 6.07) is 0. The van der Waals surface area contributed by atoms with E-state index in [1.54, 1.807) is 0 Å². The summed E-state index contributed by atoms with van der Waals surface area (Å²) in [7, 11) is 4.38. The van der Waals surface area contributed by atoms with Crippen LogP contribution >= 0.6 is 0 Å². The molecular weight excluding hydrogens is 222 g/mol. The highest BCUT2D eigenvalue weighted by atomic mass is 15.3. The van der Waals surface area contributed by atoms with Crippen LogP contribution in [0.3, 0.4) is 0 Å². The molecule has 3 heteroatoms. The van der Waals surface area contributed by atoms with Crippen LogP contribution in [0.15, 0.2) is 0 Å². The molecule has 0 saturated carbocycles. The van der Waals surface area contributed by atoms with Gasteiger partial charge in [-0.1, -0.05) is 0 Å². The van der Waals surface area contributed by atoms with Crippen molar-refractivity contribution in [3.8, 4) is 0 Å². The molecular formula is C15H29N3. The third-order valence-electron chi connectivity index (χ3n) is 5.55. The third-order valence-corrected chi connectivity index (χ3v) is 5.55. The summed E-state index contributed by atoms with van der Waals surface area (Å²) in [5, 5.41) is 0. The first-order valence-electron chi connectivity index (χ1n) is 7.83. The first kappa shape index (κ1) is 12.9. The predicted molar refractivity (Wildman–Crippen MR) is 75.9 cm³/mol. The molecule has 4 saturated heterocycles. The van der Waals surface area contributed by atoms with Gasteiger partial charge in [0.15, 0.2) is 0 Å². The van der Waals surface area contributed by atoms with Gasteiger partial charge in [0.25, 0.3) is 0 Å². The molecule has 18 heavy (non-hydrogen) atoms. The zero-order valence-corrected chi connectivity index (χ0v) is 12.2. The summed E-state index contributed by atoms with van der Waals surface area (Å²) in [6.07, 6.45) is 7.16. The third kappa shape index (κ3) is 2.21. The van der Waals surface area contributed by atoms with Crippen LogP contribution in [-0.2, 0) is 0 Å². The number of nitrogens with zero attached hydrogens (tertiary/aromatic N) is 3. The fraction of sp³-hybridized carbons (Fsp3) is 1.00. The Morgan fingerprint density at radius 2 is 1.94 bits per heavy atom. The first-order chi connectivity index (χ1) is 8.71. The van der Waals surface area contributed by atoms with Crippen LogP contribution in [0.1, 0.15) is 32.1 Å². The average molecular weight is 251 g/mol. The average Bonchev–Trinajstić information content (AvgIpc) is 2.73. The Bertz CT molecular complexity index is 283. The van der Waals surface area contributed by atoms with E-state index in [1.165, 1.54) is 71.4 Å². The van der Waals surface area contributed by atoms with E-state index in [4.69, 9.17) is 0 Å². The molecule has 1 spiro atoms. The summed E-state index contributed by atoms with van der Waals surface area (Å²) in [6.45, 7) is 8.04. The largest absolute Gasteiger partial charge is 0.309 e. The highest BCUT2D eigenvalue weighted by molar-refractivity contribution is 5.07. The molecule has 1 atom stereocenters. The quantitative estimate of drug-likeness (QED) is 0.750. The van der Waals surface area contributed by atoms with Crippen LogP contribution in [-0.4, -0.2) is 73.6 Å². The smallest absolute Gasteiger partial charge is 0.0365 e. The van der Waals surface area contributed by atoms with Gasteiger partial charge in [-0.3, -0.25) is 4.90 Å². The minimum Gasteiger partial charge on any atom is -0.309 e. The van der Waals surface area contributed by atoms with Crippen molar-refractivity contribution in [2.24, 2.45) is 5.92 Å². The van der Waals surface area contributed by atoms with Crippen molar-refractivity contribution >= 4 is 0 Å². The van der Waals surface area contributed by atoms with E-state index in [0.717, 1.165) is 5.92 Å². The van der Waals surface area contributed by atoms with Crippen molar-refractivity contribution in [2.75, 3.05) is 53.4 Å². The molecule has 0 aliphatic carbocycles. The van der Waals surface area contributed by atoms with Gasteiger partial charge in [-0.05, 0) is 84.8 Å². The fourth-order valence-electron chi connectivity index (χ4n) is 4.66. The maximum absolute atomic E-state index is 2.87. The van der Waals surface area contributed by atoms with E-state index in [0.29, 0.717) is 5.54 Å². The maximum Gasteiger partial charge on any atom is 0.0365 e. The molecule has 4 aliphatic heterocycles. The van der Waals surface area contributed by atoms with Gasteiger partial charge in [0.2, 0.25) is 0 Å². The number of hydrogen-bond donors (Lipinski definition) is 0. The second kappa shape index (κ2) is 5.10. The van der Waals surface area contributed by atoms with E-state index in [-0.39, 0.29) is 0 Å². The van der Waals surface area contributed by atoms with E-state index in [1.807, 2.05) is 0 Å². The summed E-state index contributed by atoms with van der Waals surface area (Å²) in [5.41, 5.74) is 0.586. The van der Waals surface area contributed by atoms with Gasteiger partial charge in [-0.2, -0.15) is 0 Å². The van der Waals surface area contributed by atoms with Gasteiger partial charge >= 0.3 is 0 Å². The Morgan fingerprint density at radius 1 is 1.17 bits per heavy atom. The number of fused-ring (bicyclic) bond motifs is 2. The van der Waals surface area contributed by atoms with Crippen molar-refractivity contribution in [3.63, 3.8) is 0 Å². The molecule has 0 aromatic rings. The Balaban J connectivity index is 1.63.